The van der Waals surface area contributed by atoms with Gasteiger partial charge in [0.05, 0.1) is 0 Å². The molecule has 0 aliphatic heterocycles. The third kappa shape index (κ3) is 3.60. The van der Waals surface area contributed by atoms with Gasteiger partial charge in [-0.05, 0) is 32.0 Å². The van der Waals surface area contributed by atoms with E-state index in [9.17, 15) is 4.79 Å². The number of aliphatic carboxylic acids is 1. The van der Waals surface area contributed by atoms with E-state index in [0.29, 0.717) is 5.69 Å². The molecule has 0 aliphatic rings. The maximum absolute atomic E-state index is 11.3. The van der Waals surface area contributed by atoms with Crippen LogP contribution in [0.4, 0.5) is 0 Å². The lowest BCUT2D eigenvalue weighted by molar-refractivity contribution is -0.423. The third-order valence-electron chi connectivity index (χ3n) is 2.18. The van der Waals surface area contributed by atoms with Gasteiger partial charge < -0.3 is 14.9 Å². The van der Waals surface area contributed by atoms with Crippen molar-refractivity contribution in [1.29, 1.82) is 0 Å². The zero-order valence-electron chi connectivity index (χ0n) is 10.2. The molecular formula is C12H15N3O3. The van der Waals surface area contributed by atoms with Gasteiger partial charge in [0, 0.05) is 16.9 Å². The zero-order chi connectivity index (χ0) is 13.7. The predicted molar refractivity (Wildman–Crippen MR) is 64.1 cm³/mol. The van der Waals surface area contributed by atoms with E-state index >= 15 is 0 Å². The van der Waals surface area contributed by atoms with Gasteiger partial charge in [-0.2, -0.15) is 0 Å². The van der Waals surface area contributed by atoms with Crippen molar-refractivity contribution < 1.29 is 20.5 Å². The van der Waals surface area contributed by atoms with Crippen LogP contribution in [0.1, 0.15) is 23.0 Å². The van der Waals surface area contributed by atoms with E-state index in [1.165, 1.54) is 5.56 Å². The Bertz CT molecular complexity index is 571. The van der Waals surface area contributed by atoms with E-state index < -0.39 is 5.97 Å². The lowest BCUT2D eigenvalue weighted by Gasteiger charge is -1.91. The number of carbonyl (C=O) groups is 2. The summed E-state index contributed by atoms with van der Waals surface area (Å²) in [5.74, 6) is 2.05. The van der Waals surface area contributed by atoms with Gasteiger partial charge in [0.15, 0.2) is 0 Å². The van der Waals surface area contributed by atoms with Crippen molar-refractivity contribution in [2.24, 2.45) is 0 Å². The van der Waals surface area contributed by atoms with Crippen LogP contribution in [0, 0.1) is 6.92 Å². The molecule has 2 rings (SSSR count). The summed E-state index contributed by atoms with van der Waals surface area (Å²) in [5, 5.41) is 9.93. The number of aryl methyl sites for hydroxylation is 1. The van der Waals surface area contributed by atoms with Crippen LogP contribution < -0.4 is 16.4 Å². The summed E-state index contributed by atoms with van der Waals surface area (Å²) in [6.07, 6.45) is 0. The second-order valence-corrected chi connectivity index (χ2v) is 3.77. The highest BCUT2D eigenvalue weighted by Gasteiger charge is 2.08. The number of quaternary nitrogens is 1. The van der Waals surface area contributed by atoms with Gasteiger partial charge in [0.2, 0.25) is 0 Å². The first-order valence-corrected chi connectivity index (χ1v) is 5.28. The molecule has 96 valence electrons. The number of nitrogens with one attached hydrogen (secondary N) is 2. The number of carbonyl (C=O) groups excluding carboxylic acids is 2. The van der Waals surface area contributed by atoms with Gasteiger partial charge >= 0.3 is 5.91 Å². The van der Waals surface area contributed by atoms with Crippen molar-refractivity contribution in [1.82, 2.24) is 10.4 Å². The quantitative estimate of drug-likeness (QED) is 0.570. The van der Waals surface area contributed by atoms with Gasteiger partial charge in [-0.15, -0.1) is 0 Å². The van der Waals surface area contributed by atoms with E-state index in [0.717, 1.165) is 17.8 Å². The molecule has 1 amide bonds. The van der Waals surface area contributed by atoms with Crippen molar-refractivity contribution in [3.63, 3.8) is 0 Å². The van der Waals surface area contributed by atoms with Gasteiger partial charge in [-0.3, -0.25) is 10.6 Å². The molecule has 6 nitrogen and oxygen atoms in total. The molecule has 1 aromatic carbocycles. The van der Waals surface area contributed by atoms with Crippen molar-refractivity contribution >= 4 is 22.8 Å². The molecule has 0 saturated heterocycles. The first-order valence-electron chi connectivity index (χ1n) is 5.28. The second-order valence-electron chi connectivity index (χ2n) is 3.77. The van der Waals surface area contributed by atoms with E-state index in [2.05, 4.69) is 16.3 Å². The van der Waals surface area contributed by atoms with Crippen LogP contribution in [-0.4, -0.2) is 16.9 Å². The molecule has 0 bridgehead atoms. The van der Waals surface area contributed by atoms with Gasteiger partial charge in [0.25, 0.3) is 0 Å². The summed E-state index contributed by atoms with van der Waals surface area (Å²) >= 11 is 0. The average molecular weight is 249 g/mol. The number of amides is 1. The smallest absolute Gasteiger partial charge is 0.312 e. The molecule has 1 heterocycles. The number of hydrogen-bond acceptors (Lipinski definition) is 3. The van der Waals surface area contributed by atoms with Gasteiger partial charge in [0.1, 0.15) is 5.69 Å². The second kappa shape index (κ2) is 5.83. The first kappa shape index (κ1) is 13.7. The van der Waals surface area contributed by atoms with E-state index in [-0.39, 0.29) is 5.91 Å². The zero-order valence-corrected chi connectivity index (χ0v) is 10.2. The van der Waals surface area contributed by atoms with Crippen molar-refractivity contribution in [2.45, 2.75) is 13.8 Å². The highest BCUT2D eigenvalue weighted by atomic mass is 16.4. The average Bonchev–Trinajstić information content (AvgIpc) is 2.70. The molecule has 2 aromatic rings. The Morgan fingerprint density at radius 2 is 1.94 bits per heavy atom. The van der Waals surface area contributed by atoms with E-state index in [4.69, 9.17) is 9.90 Å². The number of fused-ring (bicyclic) bond motifs is 1. The topological polar surface area (TPSA) is 113 Å². The Balaban J connectivity index is 0.000000357. The molecular weight excluding hydrogens is 234 g/mol. The van der Waals surface area contributed by atoms with Crippen LogP contribution in [0.2, 0.25) is 0 Å². The highest BCUT2D eigenvalue weighted by molar-refractivity contribution is 5.97. The SMILES string of the molecule is CC(=O)[O-].Cc1ccc2[nH]c(C(=O)N[NH3+])cc2c1. The molecule has 0 atom stereocenters. The minimum atomic E-state index is -1.08. The molecule has 0 spiro atoms. The minimum absolute atomic E-state index is 0.196. The normalized spacial score (nSPS) is 9.50. The highest BCUT2D eigenvalue weighted by Crippen LogP contribution is 2.16. The molecule has 0 unspecified atom stereocenters. The maximum atomic E-state index is 11.3. The van der Waals surface area contributed by atoms with Gasteiger partial charge in [-0.25, -0.2) is 5.43 Å². The fourth-order valence-electron chi connectivity index (χ4n) is 1.47. The number of aromatic amines is 1. The number of rotatable bonds is 1. The Morgan fingerprint density at radius 3 is 2.50 bits per heavy atom. The molecule has 1 aromatic heterocycles. The van der Waals surface area contributed by atoms with Crippen LogP contribution in [-0.2, 0) is 4.79 Å². The number of carboxylic acid groups (broad SMARTS) is 1. The van der Waals surface area contributed by atoms with Crippen molar-refractivity contribution in [3.05, 3.63) is 35.5 Å². The largest absolute Gasteiger partial charge is 0.550 e. The summed E-state index contributed by atoms with van der Waals surface area (Å²) in [5.41, 5.74) is 5.02. The van der Waals surface area contributed by atoms with Crippen LogP contribution in [0.3, 0.4) is 0 Å². The van der Waals surface area contributed by atoms with E-state index in [1.807, 2.05) is 31.2 Å². The van der Waals surface area contributed by atoms with Crippen LogP contribution in [0.15, 0.2) is 24.3 Å². The summed E-state index contributed by atoms with van der Waals surface area (Å²) in [7, 11) is 0. The number of hydrogen-bond donors (Lipinski definition) is 3. The number of benzene rings is 1. The van der Waals surface area contributed by atoms with Crippen LogP contribution in [0.25, 0.3) is 10.9 Å². The summed E-state index contributed by atoms with van der Waals surface area (Å²) in [6.45, 7) is 2.99. The van der Waals surface area contributed by atoms with E-state index in [1.54, 1.807) is 0 Å². The molecule has 18 heavy (non-hydrogen) atoms. The third-order valence-corrected chi connectivity index (χ3v) is 2.18. The molecule has 5 N–H and O–H groups in total. The number of H-pyrrole nitrogens is 1. The standard InChI is InChI=1S/C10H11N3O.C2H4O2/c1-6-2-3-8-7(4-6)5-9(12-8)10(14)13-11;1-2(3)4/h2-5,12H,11H2,1H3,(H,13,14);1H3,(H,3,4). The summed E-state index contributed by atoms with van der Waals surface area (Å²) < 4.78 is 0. The summed E-state index contributed by atoms with van der Waals surface area (Å²) in [4.78, 5) is 23.2. The van der Waals surface area contributed by atoms with Crippen LogP contribution >= 0.6 is 0 Å². The fourth-order valence-corrected chi connectivity index (χ4v) is 1.47. The fraction of sp³-hybridized carbons (Fsp3) is 0.167. The molecule has 0 fully saturated rings. The number of carboxylic acids is 1. The predicted octanol–water partition coefficient (Wildman–Crippen LogP) is -0.881. The van der Waals surface area contributed by atoms with Gasteiger partial charge in [-0.1, -0.05) is 11.6 Å². The Hall–Kier alpha value is -2.34. The monoisotopic (exact) mass is 249 g/mol. The maximum Gasteiger partial charge on any atom is 0.312 e. The lowest BCUT2D eigenvalue weighted by Crippen LogP contribution is -2.67. The van der Waals surface area contributed by atoms with Crippen molar-refractivity contribution in [2.75, 3.05) is 0 Å². The van der Waals surface area contributed by atoms with Crippen LogP contribution in [0.5, 0.6) is 0 Å². The lowest BCUT2D eigenvalue weighted by atomic mass is 10.2. The molecule has 0 saturated carbocycles. The molecule has 0 aliphatic carbocycles. The van der Waals surface area contributed by atoms with Crippen molar-refractivity contribution in [3.8, 4) is 0 Å². The first-order chi connectivity index (χ1) is 8.43. The Labute approximate surface area is 104 Å². The minimum Gasteiger partial charge on any atom is -0.550 e. The Kier molecular flexibility index (Phi) is 4.45. The number of aromatic nitrogens is 1. The Morgan fingerprint density at radius 1 is 1.33 bits per heavy atom. The molecule has 6 heteroatoms. The summed E-state index contributed by atoms with van der Waals surface area (Å²) in [6, 6.07) is 7.82. The molecule has 0 radical (unpaired) electrons.